The number of unbranched alkanes of at least 4 members (excludes halogenated alkanes) is 1. The summed E-state index contributed by atoms with van der Waals surface area (Å²) in [5, 5.41) is 0. The van der Waals surface area contributed by atoms with E-state index in [0.717, 1.165) is 67.5 Å². The Morgan fingerprint density at radius 1 is 1.23 bits per heavy atom. The van der Waals surface area contributed by atoms with Gasteiger partial charge in [-0.25, -0.2) is 4.98 Å². The molecule has 5 rings (SSSR count). The highest BCUT2D eigenvalue weighted by molar-refractivity contribution is 5.98. The Morgan fingerprint density at radius 2 is 2.10 bits per heavy atom. The van der Waals surface area contributed by atoms with Crippen LogP contribution in [0, 0.1) is 6.92 Å². The first-order chi connectivity index (χ1) is 14.7. The summed E-state index contributed by atoms with van der Waals surface area (Å²) in [6.07, 6.45) is 7.63. The van der Waals surface area contributed by atoms with Crippen molar-refractivity contribution in [2.24, 2.45) is 0 Å². The third-order valence-electron chi connectivity index (χ3n) is 7.03. The van der Waals surface area contributed by atoms with Crippen LogP contribution in [0.5, 0.6) is 0 Å². The van der Waals surface area contributed by atoms with E-state index in [4.69, 9.17) is 0 Å². The zero-order valence-corrected chi connectivity index (χ0v) is 18.1. The third-order valence-corrected chi connectivity index (χ3v) is 7.03. The zero-order chi connectivity index (χ0) is 20.7. The molecule has 1 saturated heterocycles. The molecule has 1 amide bonds. The first-order valence-electron chi connectivity index (χ1n) is 11.5. The van der Waals surface area contributed by atoms with Crippen molar-refractivity contribution >= 4 is 16.9 Å². The minimum atomic E-state index is 0.191. The molecule has 2 aliphatic rings. The second kappa shape index (κ2) is 7.90. The molecule has 0 bridgehead atoms. The first-order valence-corrected chi connectivity index (χ1v) is 11.5. The number of aryl methyl sites for hydroxylation is 3. The number of carbonyl (C=O) groups is 1. The standard InChI is InChI=1S/C26H31N3O/c1-3-4-8-19-15-20(16-23-25(19)28-17(2)27-23)26(30)29-14-7-11-22-21-10-6-5-9-18(21)12-13-24(22)29/h5-6,9-10,15-16,22,24H,3-4,7-8,11-14H2,1-2H3,(H,27,28). The number of benzene rings is 2. The number of amides is 1. The molecule has 2 heterocycles. The number of H-pyrrole nitrogens is 1. The normalized spacial score (nSPS) is 20.8. The van der Waals surface area contributed by atoms with Crippen LogP contribution in [0.4, 0.5) is 0 Å². The van der Waals surface area contributed by atoms with Crippen LogP contribution >= 0.6 is 0 Å². The minimum absolute atomic E-state index is 0.191. The lowest BCUT2D eigenvalue weighted by molar-refractivity contribution is 0.0547. The Morgan fingerprint density at radius 3 is 2.97 bits per heavy atom. The van der Waals surface area contributed by atoms with E-state index in [1.54, 1.807) is 0 Å². The van der Waals surface area contributed by atoms with Crippen LogP contribution in [0.3, 0.4) is 0 Å². The van der Waals surface area contributed by atoms with Crippen LogP contribution in [0.2, 0.25) is 0 Å². The fourth-order valence-electron chi connectivity index (χ4n) is 5.62. The lowest BCUT2D eigenvalue weighted by Gasteiger charge is -2.45. The highest BCUT2D eigenvalue weighted by atomic mass is 16.2. The maximum atomic E-state index is 13.7. The SMILES string of the molecule is CCCCc1cc(C(=O)N2CCCC3c4ccccc4CCC32)cc2[nH]c(C)nc12. The van der Waals surface area contributed by atoms with Crippen molar-refractivity contribution in [1.29, 1.82) is 0 Å². The highest BCUT2D eigenvalue weighted by Crippen LogP contribution is 2.41. The van der Waals surface area contributed by atoms with Gasteiger partial charge >= 0.3 is 0 Å². The maximum absolute atomic E-state index is 13.7. The number of aromatic nitrogens is 2. The molecule has 3 aromatic rings. The minimum Gasteiger partial charge on any atom is -0.342 e. The van der Waals surface area contributed by atoms with Crippen LogP contribution in [0.1, 0.15) is 77.8 Å². The van der Waals surface area contributed by atoms with Crippen LogP contribution < -0.4 is 0 Å². The molecule has 30 heavy (non-hydrogen) atoms. The van der Waals surface area contributed by atoms with Gasteiger partial charge in [0.25, 0.3) is 5.91 Å². The molecule has 4 heteroatoms. The van der Waals surface area contributed by atoms with E-state index in [1.165, 1.54) is 23.1 Å². The van der Waals surface area contributed by atoms with Gasteiger partial charge in [-0.1, -0.05) is 37.6 Å². The predicted octanol–water partition coefficient (Wildman–Crippen LogP) is 5.55. The second-order valence-electron chi connectivity index (χ2n) is 9.01. The molecule has 2 atom stereocenters. The van der Waals surface area contributed by atoms with Gasteiger partial charge in [-0.15, -0.1) is 0 Å². The molecule has 2 aromatic carbocycles. The van der Waals surface area contributed by atoms with Crippen LogP contribution in [0.15, 0.2) is 36.4 Å². The number of hydrogen-bond donors (Lipinski definition) is 1. The summed E-state index contributed by atoms with van der Waals surface area (Å²) in [5.74, 6) is 1.58. The molecule has 1 aliphatic heterocycles. The van der Waals surface area contributed by atoms with Gasteiger partial charge in [0.15, 0.2) is 0 Å². The molecule has 1 N–H and O–H groups in total. The number of piperidine rings is 1. The number of carbonyl (C=O) groups excluding carboxylic acids is 1. The van der Waals surface area contributed by atoms with E-state index in [0.29, 0.717) is 12.0 Å². The monoisotopic (exact) mass is 401 g/mol. The summed E-state index contributed by atoms with van der Waals surface area (Å²) in [7, 11) is 0. The molecule has 0 spiro atoms. The van der Waals surface area contributed by atoms with E-state index >= 15 is 0 Å². The van der Waals surface area contributed by atoms with E-state index in [-0.39, 0.29) is 5.91 Å². The van der Waals surface area contributed by atoms with E-state index in [9.17, 15) is 4.79 Å². The van der Waals surface area contributed by atoms with Gasteiger partial charge in [-0.2, -0.15) is 0 Å². The fraction of sp³-hybridized carbons (Fsp3) is 0.462. The summed E-state index contributed by atoms with van der Waals surface area (Å²) in [6, 6.07) is 13.3. The zero-order valence-electron chi connectivity index (χ0n) is 18.1. The average molecular weight is 402 g/mol. The highest BCUT2D eigenvalue weighted by Gasteiger charge is 2.38. The van der Waals surface area contributed by atoms with Crippen LogP contribution in [-0.2, 0) is 12.8 Å². The molecule has 1 aromatic heterocycles. The van der Waals surface area contributed by atoms with Gasteiger partial charge < -0.3 is 9.88 Å². The molecule has 4 nitrogen and oxygen atoms in total. The van der Waals surface area contributed by atoms with Gasteiger partial charge in [0.2, 0.25) is 0 Å². The summed E-state index contributed by atoms with van der Waals surface area (Å²) < 4.78 is 0. The number of likely N-dealkylation sites (tertiary alicyclic amines) is 1. The number of hydrogen-bond acceptors (Lipinski definition) is 2. The van der Waals surface area contributed by atoms with Gasteiger partial charge in [-0.3, -0.25) is 4.79 Å². The molecule has 1 fully saturated rings. The number of aromatic amines is 1. The summed E-state index contributed by atoms with van der Waals surface area (Å²) in [5.41, 5.74) is 6.98. The smallest absolute Gasteiger partial charge is 0.254 e. The van der Waals surface area contributed by atoms with E-state index in [1.807, 2.05) is 13.0 Å². The van der Waals surface area contributed by atoms with Crippen molar-refractivity contribution in [2.45, 2.75) is 70.8 Å². The van der Waals surface area contributed by atoms with Gasteiger partial charge in [-0.05, 0) is 74.3 Å². The van der Waals surface area contributed by atoms with Crippen LogP contribution in [-0.4, -0.2) is 33.4 Å². The predicted molar refractivity (Wildman–Crippen MR) is 121 cm³/mol. The Balaban J connectivity index is 1.49. The number of rotatable bonds is 4. The number of imidazole rings is 1. The number of fused-ring (bicyclic) bond motifs is 4. The molecule has 156 valence electrons. The van der Waals surface area contributed by atoms with Crippen molar-refractivity contribution < 1.29 is 4.79 Å². The van der Waals surface area contributed by atoms with Gasteiger partial charge in [0.05, 0.1) is 11.0 Å². The van der Waals surface area contributed by atoms with Gasteiger partial charge in [0, 0.05) is 24.1 Å². The Hall–Kier alpha value is -2.62. The Kier molecular flexibility index (Phi) is 5.10. The summed E-state index contributed by atoms with van der Waals surface area (Å²) in [4.78, 5) is 24.0. The van der Waals surface area contributed by atoms with Gasteiger partial charge in [0.1, 0.15) is 5.82 Å². The average Bonchev–Trinajstić information content (AvgIpc) is 3.16. The number of nitrogens with zero attached hydrogens (tertiary/aromatic N) is 2. The molecule has 0 radical (unpaired) electrons. The molecule has 1 aliphatic carbocycles. The molecular weight excluding hydrogens is 370 g/mol. The van der Waals surface area contributed by atoms with Crippen LogP contribution in [0.25, 0.3) is 11.0 Å². The summed E-state index contributed by atoms with van der Waals surface area (Å²) in [6.45, 7) is 5.06. The van der Waals surface area contributed by atoms with E-state index < -0.39 is 0 Å². The fourth-order valence-corrected chi connectivity index (χ4v) is 5.62. The first kappa shape index (κ1) is 19.3. The molecular formula is C26H31N3O. The topological polar surface area (TPSA) is 49.0 Å². The largest absolute Gasteiger partial charge is 0.342 e. The van der Waals surface area contributed by atoms with Crippen molar-refractivity contribution in [3.63, 3.8) is 0 Å². The van der Waals surface area contributed by atoms with Crippen molar-refractivity contribution in [3.8, 4) is 0 Å². The van der Waals surface area contributed by atoms with Crippen molar-refractivity contribution in [2.75, 3.05) is 6.54 Å². The quantitative estimate of drug-likeness (QED) is 0.623. The third kappa shape index (κ3) is 3.32. The van der Waals surface area contributed by atoms with Crippen molar-refractivity contribution in [3.05, 3.63) is 64.5 Å². The lowest BCUT2D eigenvalue weighted by Crippen LogP contribution is -2.49. The molecule has 0 saturated carbocycles. The maximum Gasteiger partial charge on any atom is 0.254 e. The molecule has 2 unspecified atom stereocenters. The number of nitrogens with one attached hydrogen (secondary N) is 1. The second-order valence-corrected chi connectivity index (χ2v) is 9.01. The van der Waals surface area contributed by atoms with Crippen molar-refractivity contribution in [1.82, 2.24) is 14.9 Å². The summed E-state index contributed by atoms with van der Waals surface area (Å²) >= 11 is 0. The lowest BCUT2D eigenvalue weighted by atomic mass is 9.74. The Labute approximate surface area is 178 Å². The van der Waals surface area contributed by atoms with E-state index in [2.05, 4.69) is 52.1 Å². The Bertz CT molecular complexity index is 1080.